The Hall–Kier alpha value is -1.22. The zero-order valence-electron chi connectivity index (χ0n) is 5.65. The topological polar surface area (TPSA) is 30.0 Å². The van der Waals surface area contributed by atoms with Crippen LogP contribution in [-0.4, -0.2) is 4.37 Å². The summed E-state index contributed by atoms with van der Waals surface area (Å²) < 4.78 is 3.96. The number of hydrogen-bond acceptors (Lipinski definition) is 3. The smallest absolute Gasteiger partial charge is 0.180 e. The van der Waals surface area contributed by atoms with Crippen LogP contribution in [-0.2, 0) is 0 Å². The summed E-state index contributed by atoms with van der Waals surface area (Å²) in [5.41, 5.74) is 1.12. The van der Waals surface area contributed by atoms with Gasteiger partial charge in [-0.2, -0.15) is 0 Å². The Balaban J connectivity index is 2.84. The van der Waals surface area contributed by atoms with Crippen LogP contribution >= 0.6 is 11.5 Å². The molecule has 0 spiro atoms. The molecule has 2 aliphatic rings. The van der Waals surface area contributed by atoms with Gasteiger partial charge in [-0.15, -0.1) is 0 Å². The van der Waals surface area contributed by atoms with Gasteiger partial charge in [0.25, 0.3) is 0 Å². The molecule has 0 radical (unpaired) electrons. The van der Waals surface area contributed by atoms with Crippen LogP contribution in [0.5, 0.6) is 0 Å². The number of benzene rings is 1. The predicted octanol–water partition coefficient (Wildman–Crippen LogP) is 1.61. The standard InChI is InChI=1S/C8H5NOS/c10-7-2-1-6-3-4-9-11-8(6)5-7/h1-5H. The van der Waals surface area contributed by atoms with Crippen molar-refractivity contribution in [3.8, 4) is 10.4 Å². The molecule has 0 bridgehead atoms. The fraction of sp³-hybridized carbons (Fsp3) is 0. The number of fused-ring (bicyclic) bond motifs is 1. The lowest BCUT2D eigenvalue weighted by atomic mass is 10.2. The van der Waals surface area contributed by atoms with Gasteiger partial charge in [0.2, 0.25) is 0 Å². The second kappa shape index (κ2) is 2.43. The summed E-state index contributed by atoms with van der Waals surface area (Å²) in [7, 11) is 0. The number of aromatic nitrogens is 1. The molecule has 3 heteroatoms. The molecule has 11 heavy (non-hydrogen) atoms. The van der Waals surface area contributed by atoms with Crippen LogP contribution in [0.3, 0.4) is 0 Å². The van der Waals surface area contributed by atoms with Crippen molar-refractivity contribution in [2.45, 2.75) is 0 Å². The van der Waals surface area contributed by atoms with Gasteiger partial charge < -0.3 is 0 Å². The number of hydrogen-bond donors (Lipinski definition) is 0. The van der Waals surface area contributed by atoms with Crippen LogP contribution in [0.15, 0.2) is 35.3 Å². The summed E-state index contributed by atoms with van der Waals surface area (Å²) in [6.45, 7) is 0. The van der Waals surface area contributed by atoms with E-state index in [0.717, 1.165) is 10.4 Å². The largest absolute Gasteiger partial charge is 0.290 e. The van der Waals surface area contributed by atoms with Gasteiger partial charge in [0, 0.05) is 12.3 Å². The molecule has 2 nitrogen and oxygen atoms in total. The average Bonchev–Trinajstić information content (AvgIpc) is 2.04. The Morgan fingerprint density at radius 2 is 2.18 bits per heavy atom. The van der Waals surface area contributed by atoms with E-state index in [2.05, 4.69) is 4.37 Å². The van der Waals surface area contributed by atoms with Gasteiger partial charge in [0.1, 0.15) is 0 Å². The second-order valence-electron chi connectivity index (χ2n) is 2.21. The Labute approximate surface area is 67.6 Å². The lowest BCUT2D eigenvalue weighted by molar-refractivity contribution is 1.50. The van der Waals surface area contributed by atoms with Gasteiger partial charge in [0.05, 0.1) is 4.88 Å². The molecule has 0 aromatic rings. The van der Waals surface area contributed by atoms with Crippen LogP contribution < -0.4 is 5.43 Å². The van der Waals surface area contributed by atoms with Crippen molar-refractivity contribution in [3.05, 3.63) is 40.7 Å². The van der Waals surface area contributed by atoms with Crippen LogP contribution in [0, 0.1) is 0 Å². The predicted molar refractivity (Wildman–Crippen MR) is 45.0 cm³/mol. The third-order valence-electron chi connectivity index (χ3n) is 1.45. The first-order chi connectivity index (χ1) is 5.36. The van der Waals surface area contributed by atoms with Gasteiger partial charge in [-0.3, -0.25) is 4.79 Å². The summed E-state index contributed by atoms with van der Waals surface area (Å²) in [5.74, 6) is 0. The van der Waals surface area contributed by atoms with Crippen molar-refractivity contribution < 1.29 is 0 Å². The molecule has 0 aromatic carbocycles. The summed E-state index contributed by atoms with van der Waals surface area (Å²) in [6.07, 6.45) is 1.73. The fourth-order valence-corrected chi connectivity index (χ4v) is 1.58. The van der Waals surface area contributed by atoms with E-state index in [9.17, 15) is 4.79 Å². The molecule has 1 heterocycles. The molecule has 0 fully saturated rings. The van der Waals surface area contributed by atoms with Gasteiger partial charge in [-0.05, 0) is 35.3 Å². The summed E-state index contributed by atoms with van der Waals surface area (Å²) in [4.78, 5) is 11.8. The second-order valence-corrected chi connectivity index (χ2v) is 3.05. The normalized spacial score (nSPS) is 10.2. The van der Waals surface area contributed by atoms with Crippen molar-refractivity contribution in [1.29, 1.82) is 0 Å². The summed E-state index contributed by atoms with van der Waals surface area (Å²) in [5, 5.41) is 0. The minimum absolute atomic E-state index is 0.0433. The molecule has 1 aliphatic carbocycles. The molecule has 1 aliphatic heterocycles. The van der Waals surface area contributed by atoms with Crippen LogP contribution in [0.4, 0.5) is 0 Å². The van der Waals surface area contributed by atoms with Crippen molar-refractivity contribution in [1.82, 2.24) is 4.37 Å². The summed E-state index contributed by atoms with van der Waals surface area (Å²) in [6, 6.07) is 6.88. The molecule has 0 atom stereocenters. The molecule has 2 rings (SSSR count). The Bertz CT molecular complexity index is 396. The highest BCUT2D eigenvalue weighted by atomic mass is 32.1. The minimum Gasteiger partial charge on any atom is -0.290 e. The van der Waals surface area contributed by atoms with Gasteiger partial charge in [-0.25, -0.2) is 4.37 Å². The molecular weight excluding hydrogens is 158 g/mol. The van der Waals surface area contributed by atoms with Crippen molar-refractivity contribution in [3.63, 3.8) is 0 Å². The molecular formula is C8H5NOS. The first-order valence-corrected chi connectivity index (χ1v) is 3.98. The van der Waals surface area contributed by atoms with E-state index in [4.69, 9.17) is 0 Å². The SMILES string of the molecule is O=c1ccc2ccnsc-2c1. The highest BCUT2D eigenvalue weighted by molar-refractivity contribution is 7.09. The molecule has 0 N–H and O–H groups in total. The Kier molecular flexibility index (Phi) is 1.43. The third-order valence-corrected chi connectivity index (χ3v) is 2.23. The lowest BCUT2D eigenvalue weighted by Gasteiger charge is -1.97. The maximum Gasteiger partial charge on any atom is 0.180 e. The highest BCUT2D eigenvalue weighted by Crippen LogP contribution is 2.20. The molecule has 0 amide bonds. The highest BCUT2D eigenvalue weighted by Gasteiger charge is 1.99. The zero-order chi connectivity index (χ0) is 7.68. The van der Waals surface area contributed by atoms with Gasteiger partial charge in [0.15, 0.2) is 5.43 Å². The first kappa shape index (κ1) is 6.49. The number of rotatable bonds is 0. The van der Waals surface area contributed by atoms with E-state index in [1.165, 1.54) is 11.5 Å². The third kappa shape index (κ3) is 1.14. The first-order valence-electron chi connectivity index (χ1n) is 3.21. The average molecular weight is 163 g/mol. The van der Waals surface area contributed by atoms with E-state index in [0.29, 0.717) is 0 Å². The van der Waals surface area contributed by atoms with Crippen LogP contribution in [0.2, 0.25) is 0 Å². The minimum atomic E-state index is 0.0433. The van der Waals surface area contributed by atoms with E-state index in [1.54, 1.807) is 18.3 Å². The Morgan fingerprint density at radius 1 is 1.27 bits per heavy atom. The maximum absolute atomic E-state index is 10.9. The van der Waals surface area contributed by atoms with E-state index in [-0.39, 0.29) is 5.43 Å². The Morgan fingerprint density at radius 3 is 3.09 bits per heavy atom. The molecule has 0 unspecified atom stereocenters. The quantitative estimate of drug-likeness (QED) is 0.590. The fourth-order valence-electron chi connectivity index (χ4n) is 0.929. The van der Waals surface area contributed by atoms with Crippen molar-refractivity contribution in [2.24, 2.45) is 0 Å². The molecule has 0 saturated carbocycles. The zero-order valence-corrected chi connectivity index (χ0v) is 6.47. The van der Waals surface area contributed by atoms with Gasteiger partial charge in [-0.1, -0.05) is 0 Å². The van der Waals surface area contributed by atoms with Crippen molar-refractivity contribution >= 4 is 11.5 Å². The van der Waals surface area contributed by atoms with Gasteiger partial charge >= 0.3 is 0 Å². The van der Waals surface area contributed by atoms with Crippen molar-refractivity contribution in [2.75, 3.05) is 0 Å². The van der Waals surface area contributed by atoms with E-state index >= 15 is 0 Å². The van der Waals surface area contributed by atoms with E-state index < -0.39 is 0 Å². The lowest BCUT2D eigenvalue weighted by Crippen LogP contribution is -1.95. The molecule has 0 saturated heterocycles. The van der Waals surface area contributed by atoms with E-state index in [1.807, 2.05) is 12.1 Å². The monoisotopic (exact) mass is 163 g/mol. The number of nitrogens with zero attached hydrogens (tertiary/aromatic N) is 1. The molecule has 0 aromatic heterocycles. The van der Waals surface area contributed by atoms with Crippen LogP contribution in [0.1, 0.15) is 0 Å². The summed E-state index contributed by atoms with van der Waals surface area (Å²) >= 11 is 1.34. The molecule has 54 valence electrons. The maximum atomic E-state index is 10.9. The van der Waals surface area contributed by atoms with Crippen LogP contribution in [0.25, 0.3) is 10.4 Å².